The van der Waals surface area contributed by atoms with Crippen LogP contribution < -0.4 is 5.14 Å². The van der Waals surface area contributed by atoms with Gasteiger partial charge in [-0.05, 0) is 36.8 Å². The summed E-state index contributed by atoms with van der Waals surface area (Å²) in [5, 5.41) is 9.25. The number of hydrogen-bond donors (Lipinski definition) is 1. The van der Waals surface area contributed by atoms with Crippen molar-refractivity contribution in [2.45, 2.75) is 24.0 Å². The first-order chi connectivity index (χ1) is 11.9. The van der Waals surface area contributed by atoms with Crippen LogP contribution in [-0.2, 0) is 21.3 Å². The van der Waals surface area contributed by atoms with Crippen molar-refractivity contribution in [1.29, 1.82) is 0 Å². The number of aromatic nitrogens is 2. The van der Waals surface area contributed by atoms with Gasteiger partial charge in [0.05, 0.1) is 17.5 Å². The number of amides is 1. The smallest absolute Gasteiger partial charge is 0.253 e. The molecule has 1 aliphatic heterocycles. The van der Waals surface area contributed by atoms with Crippen LogP contribution in [0.15, 0.2) is 47.6 Å². The maximum atomic E-state index is 12.7. The lowest BCUT2D eigenvalue weighted by Gasteiger charge is -2.24. The minimum absolute atomic E-state index is 0.0141. The van der Waals surface area contributed by atoms with E-state index < -0.39 is 10.0 Å². The van der Waals surface area contributed by atoms with Gasteiger partial charge in [-0.3, -0.25) is 9.48 Å². The second-order valence-corrected chi connectivity index (χ2v) is 7.46. The molecular formula is C16H20N4O4S. The zero-order chi connectivity index (χ0) is 17.9. The van der Waals surface area contributed by atoms with Gasteiger partial charge in [-0.15, -0.1) is 0 Å². The number of sulfonamides is 1. The number of nitrogens with zero attached hydrogens (tertiary/aromatic N) is 3. The zero-order valence-corrected chi connectivity index (χ0v) is 14.4. The normalized spacial score (nSPS) is 18.8. The lowest BCUT2D eigenvalue weighted by molar-refractivity contribution is 0.0367. The minimum atomic E-state index is -3.77. The molecule has 134 valence electrons. The predicted molar refractivity (Wildman–Crippen MR) is 90.3 cm³/mol. The van der Waals surface area contributed by atoms with Crippen LogP contribution in [0.5, 0.6) is 0 Å². The monoisotopic (exact) mass is 364 g/mol. The number of carbonyl (C=O) groups excluding carboxylic acids is 1. The number of carbonyl (C=O) groups is 1. The van der Waals surface area contributed by atoms with Crippen molar-refractivity contribution in [3.8, 4) is 0 Å². The molecule has 1 aromatic carbocycles. The van der Waals surface area contributed by atoms with E-state index in [1.54, 1.807) is 15.8 Å². The summed E-state index contributed by atoms with van der Waals surface area (Å²) < 4.78 is 30.2. The molecule has 0 aliphatic carbocycles. The predicted octanol–water partition coefficient (Wildman–Crippen LogP) is 0.462. The Bertz CT molecular complexity index is 818. The Morgan fingerprint density at radius 1 is 1.32 bits per heavy atom. The quantitative estimate of drug-likeness (QED) is 0.848. The lowest BCUT2D eigenvalue weighted by Crippen LogP contribution is -2.38. The van der Waals surface area contributed by atoms with E-state index >= 15 is 0 Å². The molecule has 0 radical (unpaired) electrons. The number of hydrogen-bond acceptors (Lipinski definition) is 5. The van der Waals surface area contributed by atoms with E-state index in [0.29, 0.717) is 31.8 Å². The van der Waals surface area contributed by atoms with E-state index in [0.717, 1.165) is 6.42 Å². The van der Waals surface area contributed by atoms with Gasteiger partial charge in [-0.2, -0.15) is 5.10 Å². The fraction of sp³-hybridized carbons (Fsp3) is 0.375. The van der Waals surface area contributed by atoms with Gasteiger partial charge in [0, 0.05) is 37.7 Å². The molecule has 1 fully saturated rings. The van der Waals surface area contributed by atoms with Crippen molar-refractivity contribution in [3.63, 3.8) is 0 Å². The van der Waals surface area contributed by atoms with Crippen LogP contribution in [0, 0.1) is 0 Å². The minimum Gasteiger partial charge on any atom is -0.374 e. The molecule has 8 nitrogen and oxygen atoms in total. The Hall–Kier alpha value is -2.23. The Balaban J connectivity index is 1.71. The molecule has 9 heteroatoms. The Kier molecular flexibility index (Phi) is 5.16. The Labute approximate surface area is 146 Å². The molecular weight excluding hydrogens is 344 g/mol. The van der Waals surface area contributed by atoms with Crippen LogP contribution in [0.4, 0.5) is 0 Å². The van der Waals surface area contributed by atoms with E-state index in [4.69, 9.17) is 9.88 Å². The fourth-order valence-electron chi connectivity index (χ4n) is 2.78. The first-order valence-corrected chi connectivity index (χ1v) is 9.49. The lowest BCUT2D eigenvalue weighted by atomic mass is 10.2. The molecule has 2 N–H and O–H groups in total. The van der Waals surface area contributed by atoms with Gasteiger partial charge in [0.15, 0.2) is 0 Å². The first kappa shape index (κ1) is 17.6. The van der Waals surface area contributed by atoms with Crippen LogP contribution in [0.25, 0.3) is 0 Å². The van der Waals surface area contributed by atoms with Crippen LogP contribution >= 0.6 is 0 Å². The van der Waals surface area contributed by atoms with Gasteiger partial charge >= 0.3 is 0 Å². The standard InChI is InChI=1S/C16H20N4O4S/c17-25(22,23)15-5-3-13(4-6-15)16(21)19-8-2-10-24-14(11-19)12-20-9-1-7-18-20/h1,3-7,9,14H,2,8,10-12H2,(H2,17,22,23)/t14-/m0/s1. The highest BCUT2D eigenvalue weighted by atomic mass is 32.2. The van der Waals surface area contributed by atoms with Gasteiger partial charge in [0.1, 0.15) is 0 Å². The van der Waals surface area contributed by atoms with Crippen molar-refractivity contribution in [2.24, 2.45) is 5.14 Å². The zero-order valence-electron chi connectivity index (χ0n) is 13.6. The Morgan fingerprint density at radius 3 is 2.72 bits per heavy atom. The maximum absolute atomic E-state index is 12.7. The summed E-state index contributed by atoms with van der Waals surface area (Å²) in [4.78, 5) is 14.4. The highest BCUT2D eigenvalue weighted by Gasteiger charge is 2.24. The van der Waals surface area contributed by atoms with Crippen LogP contribution in [0.2, 0.25) is 0 Å². The molecule has 0 bridgehead atoms. The fourth-order valence-corrected chi connectivity index (χ4v) is 3.29. The molecule has 1 saturated heterocycles. The van der Waals surface area contributed by atoms with Crippen molar-refractivity contribution in [2.75, 3.05) is 19.7 Å². The molecule has 3 rings (SSSR count). The van der Waals surface area contributed by atoms with Crippen LogP contribution in [0.3, 0.4) is 0 Å². The van der Waals surface area contributed by atoms with Crippen molar-refractivity contribution >= 4 is 15.9 Å². The molecule has 25 heavy (non-hydrogen) atoms. The van der Waals surface area contributed by atoms with Crippen molar-refractivity contribution < 1.29 is 17.9 Å². The number of primary sulfonamides is 1. The number of benzene rings is 1. The third-order valence-electron chi connectivity index (χ3n) is 4.02. The summed E-state index contributed by atoms with van der Waals surface area (Å²) in [7, 11) is -3.77. The summed E-state index contributed by atoms with van der Waals surface area (Å²) in [6, 6.07) is 7.50. The first-order valence-electron chi connectivity index (χ1n) is 7.94. The molecule has 1 amide bonds. The molecule has 1 atom stereocenters. The highest BCUT2D eigenvalue weighted by Crippen LogP contribution is 2.14. The van der Waals surface area contributed by atoms with Crippen molar-refractivity contribution in [1.82, 2.24) is 14.7 Å². The SMILES string of the molecule is NS(=O)(=O)c1ccc(C(=O)N2CCCO[C@H](Cn3cccn3)C2)cc1. The van der Waals surface area contributed by atoms with E-state index in [-0.39, 0.29) is 16.9 Å². The molecule has 0 spiro atoms. The summed E-state index contributed by atoms with van der Waals surface area (Å²) in [6.07, 6.45) is 4.16. The third-order valence-corrected chi connectivity index (χ3v) is 4.95. The molecule has 1 aliphatic rings. The molecule has 2 heterocycles. The van der Waals surface area contributed by atoms with Gasteiger partial charge < -0.3 is 9.64 Å². The average Bonchev–Trinajstić information content (AvgIpc) is 2.98. The Morgan fingerprint density at radius 2 is 2.08 bits per heavy atom. The number of rotatable bonds is 4. The summed E-state index contributed by atoms with van der Waals surface area (Å²) in [5.74, 6) is -0.156. The number of ether oxygens (including phenoxy) is 1. The number of nitrogens with two attached hydrogens (primary N) is 1. The molecule has 0 saturated carbocycles. The van der Waals surface area contributed by atoms with Gasteiger partial charge in [-0.25, -0.2) is 13.6 Å². The summed E-state index contributed by atoms with van der Waals surface area (Å²) in [5.41, 5.74) is 0.423. The second-order valence-electron chi connectivity index (χ2n) is 5.90. The van der Waals surface area contributed by atoms with Crippen LogP contribution in [-0.4, -0.2) is 54.8 Å². The van der Waals surface area contributed by atoms with E-state index in [9.17, 15) is 13.2 Å². The second kappa shape index (κ2) is 7.34. The summed E-state index contributed by atoms with van der Waals surface area (Å²) >= 11 is 0. The molecule has 2 aromatic rings. The average molecular weight is 364 g/mol. The highest BCUT2D eigenvalue weighted by molar-refractivity contribution is 7.89. The van der Waals surface area contributed by atoms with Gasteiger partial charge in [0.25, 0.3) is 5.91 Å². The van der Waals surface area contributed by atoms with E-state index in [1.165, 1.54) is 24.3 Å². The topological polar surface area (TPSA) is 108 Å². The maximum Gasteiger partial charge on any atom is 0.253 e. The van der Waals surface area contributed by atoms with Gasteiger partial charge in [-0.1, -0.05) is 0 Å². The van der Waals surface area contributed by atoms with Gasteiger partial charge in [0.2, 0.25) is 10.0 Å². The van der Waals surface area contributed by atoms with Crippen LogP contribution in [0.1, 0.15) is 16.8 Å². The third kappa shape index (κ3) is 4.44. The molecule has 0 unspecified atom stereocenters. The van der Waals surface area contributed by atoms with E-state index in [2.05, 4.69) is 5.10 Å². The van der Waals surface area contributed by atoms with E-state index in [1.807, 2.05) is 12.3 Å². The largest absolute Gasteiger partial charge is 0.374 e. The summed E-state index contributed by atoms with van der Waals surface area (Å²) in [6.45, 7) is 2.20. The van der Waals surface area contributed by atoms with Crippen molar-refractivity contribution in [3.05, 3.63) is 48.3 Å². The molecule has 1 aromatic heterocycles.